The van der Waals surface area contributed by atoms with Crippen LogP contribution in [0, 0.1) is 6.92 Å². The molecule has 0 heterocycles. The van der Waals surface area contributed by atoms with Gasteiger partial charge < -0.3 is 10.5 Å². The van der Waals surface area contributed by atoms with Crippen molar-refractivity contribution in [1.29, 1.82) is 0 Å². The molecule has 2 aromatic rings. The monoisotopic (exact) mass is 241 g/mol. The van der Waals surface area contributed by atoms with E-state index in [0.29, 0.717) is 0 Å². The Balaban J connectivity index is 2.32. The minimum atomic E-state index is -0.154. The molecule has 2 atom stereocenters. The van der Waals surface area contributed by atoms with Gasteiger partial charge in [-0.15, -0.1) is 0 Å². The molecule has 0 aliphatic carbocycles. The number of aryl methyl sites for hydroxylation is 1. The van der Waals surface area contributed by atoms with Gasteiger partial charge >= 0.3 is 0 Å². The van der Waals surface area contributed by atoms with Crippen LogP contribution in [-0.4, -0.2) is 7.11 Å². The topological polar surface area (TPSA) is 35.2 Å². The van der Waals surface area contributed by atoms with Crippen molar-refractivity contribution < 1.29 is 4.74 Å². The zero-order chi connectivity index (χ0) is 13.0. The van der Waals surface area contributed by atoms with Crippen LogP contribution in [0.2, 0.25) is 0 Å². The Hall–Kier alpha value is -1.64. The van der Waals surface area contributed by atoms with Crippen LogP contribution in [0.1, 0.15) is 28.8 Å². The lowest BCUT2D eigenvalue weighted by atomic mass is 9.93. The summed E-state index contributed by atoms with van der Waals surface area (Å²) in [7, 11) is 1.70. The lowest BCUT2D eigenvalue weighted by Crippen LogP contribution is -2.22. The summed E-state index contributed by atoms with van der Waals surface area (Å²) in [4.78, 5) is 0. The first-order valence-corrected chi connectivity index (χ1v) is 6.13. The van der Waals surface area contributed by atoms with E-state index in [0.717, 1.165) is 11.1 Å². The van der Waals surface area contributed by atoms with Gasteiger partial charge in [0.25, 0.3) is 0 Å². The van der Waals surface area contributed by atoms with Gasteiger partial charge in [-0.2, -0.15) is 0 Å². The van der Waals surface area contributed by atoms with E-state index in [2.05, 4.69) is 19.1 Å². The Morgan fingerprint density at radius 3 is 2.17 bits per heavy atom. The van der Waals surface area contributed by atoms with E-state index in [9.17, 15) is 0 Å². The van der Waals surface area contributed by atoms with Crippen LogP contribution in [0.15, 0.2) is 54.6 Å². The predicted octanol–water partition coefficient (Wildman–Crippen LogP) is 3.38. The third-order valence-electron chi connectivity index (χ3n) is 3.26. The molecule has 2 nitrogen and oxygen atoms in total. The predicted molar refractivity (Wildman–Crippen MR) is 74.3 cm³/mol. The minimum Gasteiger partial charge on any atom is -0.375 e. The smallest absolute Gasteiger partial charge is 0.101 e. The van der Waals surface area contributed by atoms with E-state index in [4.69, 9.17) is 10.5 Å². The van der Waals surface area contributed by atoms with E-state index in [1.807, 2.05) is 42.5 Å². The summed E-state index contributed by atoms with van der Waals surface area (Å²) in [5.41, 5.74) is 9.79. The highest BCUT2D eigenvalue weighted by Gasteiger charge is 2.21. The van der Waals surface area contributed by atoms with Crippen LogP contribution in [0.5, 0.6) is 0 Å². The summed E-state index contributed by atoms with van der Waals surface area (Å²) in [5, 5.41) is 0. The average molecular weight is 241 g/mol. The molecule has 0 amide bonds. The molecule has 2 aromatic carbocycles. The number of rotatable bonds is 4. The van der Waals surface area contributed by atoms with E-state index in [1.54, 1.807) is 7.11 Å². The quantitative estimate of drug-likeness (QED) is 0.890. The summed E-state index contributed by atoms with van der Waals surface area (Å²) < 4.78 is 5.58. The molecule has 2 unspecified atom stereocenters. The molecule has 0 saturated carbocycles. The third-order valence-corrected chi connectivity index (χ3v) is 3.26. The normalized spacial score (nSPS) is 14.2. The number of hydrogen-bond acceptors (Lipinski definition) is 2. The summed E-state index contributed by atoms with van der Waals surface area (Å²) in [5.74, 6) is 0. The van der Waals surface area contributed by atoms with Crippen LogP contribution < -0.4 is 5.73 Å². The first-order chi connectivity index (χ1) is 8.74. The molecule has 2 N–H and O–H groups in total. The van der Waals surface area contributed by atoms with E-state index in [1.165, 1.54) is 5.56 Å². The maximum absolute atomic E-state index is 6.36. The zero-order valence-electron chi connectivity index (χ0n) is 10.8. The van der Waals surface area contributed by atoms with Gasteiger partial charge in [0.15, 0.2) is 0 Å². The highest BCUT2D eigenvalue weighted by atomic mass is 16.5. The summed E-state index contributed by atoms with van der Waals surface area (Å²) in [6.07, 6.45) is -0.118. The maximum atomic E-state index is 6.36. The lowest BCUT2D eigenvalue weighted by Gasteiger charge is -2.24. The van der Waals surface area contributed by atoms with Crippen LogP contribution >= 0.6 is 0 Å². The molecule has 94 valence electrons. The Kier molecular flexibility index (Phi) is 4.13. The summed E-state index contributed by atoms with van der Waals surface area (Å²) in [6, 6.07) is 18.1. The molecule has 0 aromatic heterocycles. The largest absolute Gasteiger partial charge is 0.375 e. The second-order valence-corrected chi connectivity index (χ2v) is 4.45. The molecule has 0 aliphatic rings. The fraction of sp³-hybridized carbons (Fsp3) is 0.250. The molecule has 0 fully saturated rings. The highest BCUT2D eigenvalue weighted by Crippen LogP contribution is 2.30. The van der Waals surface area contributed by atoms with Crippen LogP contribution in [0.3, 0.4) is 0 Å². The first kappa shape index (κ1) is 12.8. The molecule has 18 heavy (non-hydrogen) atoms. The number of benzene rings is 2. The van der Waals surface area contributed by atoms with Gasteiger partial charge in [0.05, 0.1) is 6.04 Å². The average Bonchev–Trinajstić information content (AvgIpc) is 2.41. The van der Waals surface area contributed by atoms with Gasteiger partial charge in [-0.05, 0) is 23.6 Å². The molecular weight excluding hydrogens is 222 g/mol. The van der Waals surface area contributed by atoms with Gasteiger partial charge in [-0.1, -0.05) is 54.6 Å². The molecule has 0 aliphatic heterocycles. The molecule has 0 spiro atoms. The van der Waals surface area contributed by atoms with Gasteiger partial charge in [-0.25, -0.2) is 0 Å². The van der Waals surface area contributed by atoms with Gasteiger partial charge in [-0.3, -0.25) is 0 Å². The van der Waals surface area contributed by atoms with Gasteiger partial charge in [0.1, 0.15) is 6.10 Å². The fourth-order valence-electron chi connectivity index (χ4n) is 2.26. The number of hydrogen-bond donors (Lipinski definition) is 1. The van der Waals surface area contributed by atoms with Crippen molar-refractivity contribution in [2.24, 2.45) is 5.73 Å². The van der Waals surface area contributed by atoms with E-state index in [-0.39, 0.29) is 12.1 Å². The summed E-state index contributed by atoms with van der Waals surface area (Å²) >= 11 is 0. The maximum Gasteiger partial charge on any atom is 0.101 e. The van der Waals surface area contributed by atoms with E-state index < -0.39 is 0 Å². The Labute approximate surface area is 108 Å². The van der Waals surface area contributed by atoms with Crippen LogP contribution in [-0.2, 0) is 4.74 Å². The Morgan fingerprint density at radius 1 is 0.944 bits per heavy atom. The standard InChI is InChI=1S/C16H19NO/c1-12-8-6-7-11-14(12)15(17)16(18-2)13-9-4-3-5-10-13/h3-11,15-16H,17H2,1-2H3. The second-order valence-electron chi connectivity index (χ2n) is 4.45. The number of methoxy groups -OCH3 is 1. The molecule has 2 heteroatoms. The van der Waals surface area contributed by atoms with Crippen molar-refractivity contribution in [3.8, 4) is 0 Å². The van der Waals surface area contributed by atoms with Gasteiger partial charge in [0, 0.05) is 7.11 Å². The van der Waals surface area contributed by atoms with Gasteiger partial charge in [0.2, 0.25) is 0 Å². The fourth-order valence-corrected chi connectivity index (χ4v) is 2.26. The Bertz CT molecular complexity index is 495. The van der Waals surface area contributed by atoms with Crippen molar-refractivity contribution in [3.05, 3.63) is 71.3 Å². The molecule has 0 radical (unpaired) electrons. The highest BCUT2D eigenvalue weighted by molar-refractivity contribution is 5.32. The second kappa shape index (κ2) is 5.80. The zero-order valence-corrected chi connectivity index (χ0v) is 10.8. The minimum absolute atomic E-state index is 0.118. The number of ether oxygens (including phenoxy) is 1. The Morgan fingerprint density at radius 2 is 1.56 bits per heavy atom. The van der Waals surface area contributed by atoms with Crippen molar-refractivity contribution in [2.45, 2.75) is 19.1 Å². The first-order valence-electron chi connectivity index (χ1n) is 6.13. The molecule has 0 bridgehead atoms. The third kappa shape index (κ3) is 2.61. The number of nitrogens with two attached hydrogens (primary N) is 1. The van der Waals surface area contributed by atoms with Crippen LogP contribution in [0.4, 0.5) is 0 Å². The summed E-state index contributed by atoms with van der Waals surface area (Å²) in [6.45, 7) is 2.08. The van der Waals surface area contributed by atoms with Crippen molar-refractivity contribution >= 4 is 0 Å². The van der Waals surface area contributed by atoms with Crippen LogP contribution in [0.25, 0.3) is 0 Å². The van der Waals surface area contributed by atoms with E-state index >= 15 is 0 Å². The SMILES string of the molecule is COC(c1ccccc1)C(N)c1ccccc1C. The molecule has 2 rings (SSSR count). The van der Waals surface area contributed by atoms with Crippen molar-refractivity contribution in [3.63, 3.8) is 0 Å². The molecular formula is C16H19NO. The lowest BCUT2D eigenvalue weighted by molar-refractivity contribution is 0.0800. The van der Waals surface area contributed by atoms with Crippen molar-refractivity contribution in [1.82, 2.24) is 0 Å². The van der Waals surface area contributed by atoms with Crippen molar-refractivity contribution in [2.75, 3.05) is 7.11 Å². The molecule has 0 saturated heterocycles.